The van der Waals surface area contributed by atoms with E-state index in [1.165, 1.54) is 24.5 Å². The van der Waals surface area contributed by atoms with E-state index in [-0.39, 0.29) is 11.9 Å². The molecule has 1 amide bonds. The van der Waals surface area contributed by atoms with Crippen molar-refractivity contribution >= 4 is 22.8 Å². The Morgan fingerprint density at radius 1 is 1.11 bits per heavy atom. The molecule has 0 unspecified atom stereocenters. The molecule has 1 aromatic carbocycles. The fraction of sp³-hybridized carbons (Fsp3) is 0.308. The Kier molecular flexibility index (Phi) is 9.97. The van der Waals surface area contributed by atoms with Crippen LogP contribution >= 0.6 is 0 Å². The molecule has 0 spiro atoms. The van der Waals surface area contributed by atoms with E-state index >= 15 is 0 Å². The summed E-state index contributed by atoms with van der Waals surface area (Å²) in [6.07, 6.45) is 11.2. The highest BCUT2D eigenvalue weighted by molar-refractivity contribution is 5.99. The van der Waals surface area contributed by atoms with Gasteiger partial charge in [-0.25, -0.2) is 4.79 Å². The first-order valence-electron chi connectivity index (χ1n) is 15.4. The van der Waals surface area contributed by atoms with Crippen LogP contribution in [0.25, 0.3) is 10.9 Å². The number of esters is 1. The first kappa shape index (κ1) is 33.2. The third-order valence-corrected chi connectivity index (χ3v) is 8.05. The van der Waals surface area contributed by atoms with Crippen molar-refractivity contribution in [3.05, 3.63) is 138 Å². The summed E-state index contributed by atoms with van der Waals surface area (Å²) in [5, 5.41) is 4.12. The van der Waals surface area contributed by atoms with Crippen molar-refractivity contribution < 1.29 is 14.3 Å². The molecular weight excluding hydrogens is 558 g/mol. The molecule has 1 fully saturated rings. The van der Waals surface area contributed by atoms with E-state index in [0.717, 1.165) is 33.4 Å². The molecular formula is C39H45N3O3. The summed E-state index contributed by atoms with van der Waals surface area (Å²) in [5.74, 6) is 0.0377. The number of rotatable bonds is 12. The van der Waals surface area contributed by atoms with E-state index in [0.29, 0.717) is 34.7 Å². The zero-order valence-corrected chi connectivity index (χ0v) is 27.5. The lowest BCUT2D eigenvalue weighted by Gasteiger charge is -2.21. The van der Waals surface area contributed by atoms with Gasteiger partial charge in [0.05, 0.1) is 17.3 Å². The Morgan fingerprint density at radius 3 is 2.42 bits per heavy atom. The highest BCUT2D eigenvalue weighted by Gasteiger charge is 2.24. The molecule has 3 aromatic rings. The molecule has 1 atom stereocenters. The summed E-state index contributed by atoms with van der Waals surface area (Å²) >= 11 is 0. The maximum atomic E-state index is 13.2. The number of hydrogen-bond donors (Lipinski definition) is 1. The molecule has 1 N–H and O–H groups in total. The molecule has 234 valence electrons. The van der Waals surface area contributed by atoms with Crippen molar-refractivity contribution in [2.75, 3.05) is 0 Å². The van der Waals surface area contributed by atoms with E-state index in [1.54, 1.807) is 12.2 Å². The van der Waals surface area contributed by atoms with Gasteiger partial charge in [0.2, 0.25) is 0 Å². The summed E-state index contributed by atoms with van der Waals surface area (Å²) in [7, 11) is 0. The first-order valence-corrected chi connectivity index (χ1v) is 15.4. The quantitative estimate of drug-likeness (QED) is 0.128. The molecule has 2 aromatic heterocycles. The molecule has 0 radical (unpaired) electrons. The van der Waals surface area contributed by atoms with Gasteiger partial charge < -0.3 is 14.6 Å². The van der Waals surface area contributed by atoms with Crippen molar-refractivity contribution in [1.29, 1.82) is 0 Å². The molecule has 0 bridgehead atoms. The minimum Gasteiger partial charge on any atom is -0.456 e. The van der Waals surface area contributed by atoms with Gasteiger partial charge in [-0.1, -0.05) is 50.6 Å². The number of allylic oxidation sites excluding steroid dienone is 6. The SMILES string of the molecule is C=C/C=C(\C(=C)C(=C)/C=C\C(=C)Cn1c(C)c(C)c2cc(C(=O)N[C@@H](C)c3ccc(C4CC4)cn3)ccc21)C(=O)OC(C)(C)C. The van der Waals surface area contributed by atoms with Crippen molar-refractivity contribution in [2.24, 2.45) is 0 Å². The smallest absolute Gasteiger partial charge is 0.339 e. The van der Waals surface area contributed by atoms with E-state index in [1.807, 2.05) is 64.2 Å². The highest BCUT2D eigenvalue weighted by atomic mass is 16.6. The fourth-order valence-electron chi connectivity index (χ4n) is 5.17. The van der Waals surface area contributed by atoms with Crippen LogP contribution in [0.2, 0.25) is 0 Å². The zero-order chi connectivity index (χ0) is 33.1. The van der Waals surface area contributed by atoms with Crippen LogP contribution in [0, 0.1) is 13.8 Å². The topological polar surface area (TPSA) is 73.2 Å². The van der Waals surface area contributed by atoms with Gasteiger partial charge in [0.25, 0.3) is 5.91 Å². The summed E-state index contributed by atoms with van der Waals surface area (Å²) in [4.78, 5) is 30.6. The number of nitrogens with zero attached hydrogens (tertiary/aromatic N) is 2. The third kappa shape index (κ3) is 8.07. The van der Waals surface area contributed by atoms with Gasteiger partial charge in [-0.05, 0) is 118 Å². The van der Waals surface area contributed by atoms with Crippen molar-refractivity contribution in [2.45, 2.75) is 78.5 Å². The number of pyridine rings is 1. The molecule has 2 heterocycles. The van der Waals surface area contributed by atoms with Crippen LogP contribution in [0.5, 0.6) is 0 Å². The average Bonchev–Trinajstić information content (AvgIpc) is 3.82. The molecule has 4 rings (SSSR count). The lowest BCUT2D eigenvalue weighted by molar-refractivity contribution is -0.149. The lowest BCUT2D eigenvalue weighted by Crippen LogP contribution is -2.27. The standard InChI is InChI=1S/C39H45N3O3/c1-11-12-33(38(44)45-39(8,9)10)26(4)25(3)14-13-24(2)23-42-29(7)27(5)34-21-31(18-20-36(34)42)37(43)41-28(6)35-19-17-32(22-40-35)30-15-16-30/h11-14,17-22,28,30H,1-4,15-16,23H2,5-10H3,(H,41,43)/b14-13-,33-12+/t28-/m0/s1. The molecule has 6 nitrogen and oxygen atoms in total. The van der Waals surface area contributed by atoms with Crippen LogP contribution in [-0.4, -0.2) is 27.0 Å². The Hall–Kier alpha value is -4.71. The number of ether oxygens (including phenoxy) is 1. The second-order valence-electron chi connectivity index (χ2n) is 12.8. The van der Waals surface area contributed by atoms with E-state index in [2.05, 4.69) is 61.1 Å². The number of carbonyl (C=O) groups excluding carboxylic acids is 2. The molecule has 1 aliphatic rings. The molecule has 1 aliphatic carbocycles. The van der Waals surface area contributed by atoms with Crippen LogP contribution in [0.3, 0.4) is 0 Å². The summed E-state index contributed by atoms with van der Waals surface area (Å²) < 4.78 is 7.72. The predicted octanol–water partition coefficient (Wildman–Crippen LogP) is 8.70. The van der Waals surface area contributed by atoms with Gasteiger partial charge in [0.15, 0.2) is 0 Å². The van der Waals surface area contributed by atoms with Gasteiger partial charge in [-0.2, -0.15) is 0 Å². The first-order chi connectivity index (χ1) is 21.2. The van der Waals surface area contributed by atoms with Crippen molar-refractivity contribution in [3.63, 3.8) is 0 Å². The monoisotopic (exact) mass is 603 g/mol. The fourth-order valence-corrected chi connectivity index (χ4v) is 5.17. The minimum absolute atomic E-state index is 0.135. The normalized spacial score (nSPS) is 14.3. The van der Waals surface area contributed by atoms with E-state index in [9.17, 15) is 9.59 Å². The van der Waals surface area contributed by atoms with Crippen LogP contribution in [0.4, 0.5) is 0 Å². The minimum atomic E-state index is -0.638. The van der Waals surface area contributed by atoms with Gasteiger partial charge in [0.1, 0.15) is 5.60 Å². The number of carbonyl (C=O) groups is 2. The Balaban J connectivity index is 1.45. The number of aryl methyl sites for hydroxylation is 1. The van der Waals surface area contributed by atoms with Crippen molar-refractivity contribution in [3.8, 4) is 0 Å². The maximum Gasteiger partial charge on any atom is 0.339 e. The molecule has 0 aliphatic heterocycles. The molecule has 1 saturated carbocycles. The van der Waals surface area contributed by atoms with Gasteiger partial charge in [-0.15, -0.1) is 0 Å². The van der Waals surface area contributed by atoms with E-state index in [4.69, 9.17) is 4.74 Å². The van der Waals surface area contributed by atoms with Crippen LogP contribution < -0.4 is 5.32 Å². The van der Waals surface area contributed by atoms with Crippen LogP contribution in [0.15, 0.2) is 109 Å². The second kappa shape index (κ2) is 13.5. The molecule has 45 heavy (non-hydrogen) atoms. The predicted molar refractivity (Wildman–Crippen MR) is 184 cm³/mol. The van der Waals surface area contributed by atoms with Gasteiger partial charge in [0, 0.05) is 34.9 Å². The lowest BCUT2D eigenvalue weighted by atomic mass is 9.99. The van der Waals surface area contributed by atoms with Gasteiger partial charge >= 0.3 is 5.97 Å². The Labute approximate surface area is 267 Å². The average molecular weight is 604 g/mol. The number of aromatic nitrogens is 2. The maximum absolute atomic E-state index is 13.2. The van der Waals surface area contributed by atoms with Crippen LogP contribution in [0.1, 0.15) is 85.4 Å². The number of benzene rings is 1. The molecule has 6 heteroatoms. The van der Waals surface area contributed by atoms with Crippen LogP contribution in [-0.2, 0) is 16.1 Å². The van der Waals surface area contributed by atoms with E-state index < -0.39 is 11.6 Å². The number of nitrogens with one attached hydrogen (secondary N) is 1. The second-order valence-corrected chi connectivity index (χ2v) is 12.8. The summed E-state index contributed by atoms with van der Waals surface area (Å²) in [6, 6.07) is 9.73. The van der Waals surface area contributed by atoms with Crippen molar-refractivity contribution in [1.82, 2.24) is 14.9 Å². The van der Waals surface area contributed by atoms with Gasteiger partial charge in [-0.3, -0.25) is 9.78 Å². The zero-order valence-electron chi connectivity index (χ0n) is 27.5. The Morgan fingerprint density at radius 2 is 1.82 bits per heavy atom. The number of amides is 1. The largest absolute Gasteiger partial charge is 0.456 e. The molecule has 0 saturated heterocycles. The summed E-state index contributed by atoms with van der Waals surface area (Å²) in [5.41, 5.74) is 7.48. The number of hydrogen-bond acceptors (Lipinski definition) is 4. The summed E-state index contributed by atoms with van der Waals surface area (Å²) in [6.45, 7) is 28.2. The number of fused-ring (bicyclic) bond motifs is 1. The Bertz CT molecular complexity index is 1740. The highest BCUT2D eigenvalue weighted by Crippen LogP contribution is 2.39. The third-order valence-electron chi connectivity index (χ3n) is 8.05.